The summed E-state index contributed by atoms with van der Waals surface area (Å²) in [7, 11) is 0. The van der Waals surface area contributed by atoms with Gasteiger partial charge < -0.3 is 10.6 Å². The smallest absolute Gasteiger partial charge is 0.249 e. The number of imide groups is 1. The lowest BCUT2D eigenvalue weighted by Gasteiger charge is -2.22. The second kappa shape index (κ2) is 5.95. The third kappa shape index (κ3) is 3.53. The first kappa shape index (κ1) is 13.0. The van der Waals surface area contributed by atoms with Gasteiger partial charge in [0, 0.05) is 12.5 Å². The van der Waals surface area contributed by atoms with Crippen LogP contribution in [0.15, 0.2) is 0 Å². The Morgan fingerprint density at radius 3 is 2.61 bits per heavy atom. The molecule has 6 nitrogen and oxygen atoms in total. The van der Waals surface area contributed by atoms with Gasteiger partial charge in [0.25, 0.3) is 0 Å². The molecule has 0 aromatic carbocycles. The highest BCUT2D eigenvalue weighted by Gasteiger charge is 2.27. The number of carbonyl (C=O) groups excluding carboxylic acids is 3. The van der Waals surface area contributed by atoms with Crippen molar-refractivity contribution in [2.45, 2.75) is 50.6 Å². The summed E-state index contributed by atoms with van der Waals surface area (Å²) in [6.07, 6.45) is 5.34. The first-order valence-corrected chi connectivity index (χ1v) is 6.51. The molecule has 3 N–H and O–H groups in total. The summed E-state index contributed by atoms with van der Waals surface area (Å²) in [4.78, 5) is 34.0. The zero-order valence-electron chi connectivity index (χ0n) is 10.3. The third-order valence-corrected chi connectivity index (χ3v) is 3.48. The average molecular weight is 253 g/mol. The normalized spacial score (nSPS) is 25.0. The monoisotopic (exact) mass is 253 g/mol. The molecule has 0 spiro atoms. The van der Waals surface area contributed by atoms with Gasteiger partial charge in [-0.15, -0.1) is 0 Å². The quantitative estimate of drug-likeness (QED) is 0.586. The van der Waals surface area contributed by atoms with E-state index >= 15 is 0 Å². The standard InChI is InChI=1S/C12H19N3O3/c16-10-6-5-9(12(18)15-10)14-11(17)7-13-8-3-1-2-4-8/h8-9,13H,1-7H2,(H,14,17)(H,15,16,18). The lowest BCUT2D eigenvalue weighted by atomic mass is 10.1. The summed E-state index contributed by atoms with van der Waals surface area (Å²) in [6, 6.07) is -0.141. The van der Waals surface area contributed by atoms with Gasteiger partial charge in [0.1, 0.15) is 6.04 Å². The van der Waals surface area contributed by atoms with Crippen LogP contribution in [-0.2, 0) is 14.4 Å². The molecule has 1 aliphatic carbocycles. The van der Waals surface area contributed by atoms with Gasteiger partial charge >= 0.3 is 0 Å². The molecule has 0 radical (unpaired) electrons. The van der Waals surface area contributed by atoms with E-state index < -0.39 is 11.9 Å². The predicted molar refractivity (Wildman–Crippen MR) is 64.6 cm³/mol. The van der Waals surface area contributed by atoms with Crippen LogP contribution in [0.1, 0.15) is 38.5 Å². The molecule has 2 rings (SSSR count). The van der Waals surface area contributed by atoms with Crippen LogP contribution < -0.4 is 16.0 Å². The number of nitrogens with one attached hydrogen (secondary N) is 3. The van der Waals surface area contributed by atoms with Gasteiger partial charge in [0.05, 0.1) is 6.54 Å². The average Bonchev–Trinajstić information content (AvgIpc) is 2.83. The Morgan fingerprint density at radius 2 is 1.94 bits per heavy atom. The van der Waals surface area contributed by atoms with E-state index in [0.29, 0.717) is 12.5 Å². The highest BCUT2D eigenvalue weighted by molar-refractivity contribution is 6.01. The van der Waals surface area contributed by atoms with Gasteiger partial charge in [-0.1, -0.05) is 12.8 Å². The van der Waals surface area contributed by atoms with Gasteiger partial charge in [-0.2, -0.15) is 0 Å². The molecule has 0 aromatic rings. The van der Waals surface area contributed by atoms with E-state index in [4.69, 9.17) is 0 Å². The van der Waals surface area contributed by atoms with Gasteiger partial charge in [0.2, 0.25) is 17.7 Å². The topological polar surface area (TPSA) is 87.3 Å². The number of piperidine rings is 1. The Balaban J connectivity index is 1.70. The molecule has 0 bridgehead atoms. The van der Waals surface area contributed by atoms with Gasteiger partial charge in [0.15, 0.2) is 0 Å². The molecule has 2 aliphatic rings. The van der Waals surface area contributed by atoms with Crippen molar-refractivity contribution in [1.82, 2.24) is 16.0 Å². The van der Waals surface area contributed by atoms with Crippen molar-refractivity contribution in [3.8, 4) is 0 Å². The number of carbonyl (C=O) groups is 3. The lowest BCUT2D eigenvalue weighted by Crippen LogP contribution is -2.54. The summed E-state index contributed by atoms with van der Waals surface area (Å²) in [6.45, 7) is 0.238. The minimum atomic E-state index is -0.569. The molecule has 1 saturated carbocycles. The van der Waals surface area contributed by atoms with E-state index in [1.54, 1.807) is 0 Å². The second-order valence-electron chi connectivity index (χ2n) is 4.93. The highest BCUT2D eigenvalue weighted by Crippen LogP contribution is 2.17. The van der Waals surface area contributed by atoms with Crippen molar-refractivity contribution in [1.29, 1.82) is 0 Å². The molecule has 18 heavy (non-hydrogen) atoms. The Hall–Kier alpha value is -1.43. The van der Waals surface area contributed by atoms with Crippen LogP contribution in [0.4, 0.5) is 0 Å². The van der Waals surface area contributed by atoms with Crippen LogP contribution in [0.3, 0.4) is 0 Å². The van der Waals surface area contributed by atoms with Gasteiger partial charge in [-0.3, -0.25) is 19.7 Å². The Bertz CT molecular complexity index is 350. The molecule has 1 aliphatic heterocycles. The first-order valence-electron chi connectivity index (χ1n) is 6.51. The van der Waals surface area contributed by atoms with Crippen molar-refractivity contribution in [3.63, 3.8) is 0 Å². The van der Waals surface area contributed by atoms with Crippen LogP contribution in [0.5, 0.6) is 0 Å². The van der Waals surface area contributed by atoms with Crippen molar-refractivity contribution in [3.05, 3.63) is 0 Å². The molecule has 1 heterocycles. The summed E-state index contributed by atoms with van der Waals surface area (Å²) in [5, 5.41) is 8.05. The van der Waals surface area contributed by atoms with Crippen LogP contribution in [-0.4, -0.2) is 36.3 Å². The summed E-state index contributed by atoms with van der Waals surface area (Å²) < 4.78 is 0. The van der Waals surface area contributed by atoms with E-state index in [0.717, 1.165) is 12.8 Å². The summed E-state index contributed by atoms with van der Waals surface area (Å²) >= 11 is 0. The van der Waals surface area contributed by atoms with Crippen LogP contribution in [0.25, 0.3) is 0 Å². The molecule has 3 amide bonds. The number of hydrogen-bond donors (Lipinski definition) is 3. The molecule has 2 fully saturated rings. The SMILES string of the molecule is O=C1CCC(NC(=O)CNC2CCCC2)C(=O)N1. The van der Waals surface area contributed by atoms with E-state index in [1.165, 1.54) is 12.8 Å². The van der Waals surface area contributed by atoms with Crippen molar-refractivity contribution < 1.29 is 14.4 Å². The van der Waals surface area contributed by atoms with E-state index in [-0.39, 0.29) is 24.8 Å². The Kier molecular flexibility index (Phi) is 4.30. The highest BCUT2D eigenvalue weighted by atomic mass is 16.2. The summed E-state index contributed by atoms with van der Waals surface area (Å²) in [5.74, 6) is -0.855. The molecule has 0 aromatic heterocycles. The maximum absolute atomic E-state index is 11.7. The molecular formula is C12H19N3O3. The zero-order chi connectivity index (χ0) is 13.0. The first-order chi connectivity index (χ1) is 8.65. The second-order valence-corrected chi connectivity index (χ2v) is 4.93. The van der Waals surface area contributed by atoms with E-state index in [9.17, 15) is 14.4 Å². The minimum absolute atomic E-state index is 0.184. The Morgan fingerprint density at radius 1 is 1.22 bits per heavy atom. The fraction of sp³-hybridized carbons (Fsp3) is 0.750. The maximum atomic E-state index is 11.7. The molecule has 1 atom stereocenters. The molecule has 100 valence electrons. The molecular weight excluding hydrogens is 234 g/mol. The fourth-order valence-electron chi connectivity index (χ4n) is 2.44. The van der Waals surface area contributed by atoms with Crippen LogP contribution in [0.2, 0.25) is 0 Å². The molecule has 1 unspecified atom stereocenters. The fourth-order valence-corrected chi connectivity index (χ4v) is 2.44. The van der Waals surface area contributed by atoms with Crippen LogP contribution in [0, 0.1) is 0 Å². The maximum Gasteiger partial charge on any atom is 0.249 e. The van der Waals surface area contributed by atoms with Gasteiger partial charge in [-0.05, 0) is 19.3 Å². The third-order valence-electron chi connectivity index (χ3n) is 3.48. The Labute approximate surface area is 106 Å². The number of hydrogen-bond acceptors (Lipinski definition) is 4. The largest absolute Gasteiger partial charge is 0.343 e. The van der Waals surface area contributed by atoms with Crippen molar-refractivity contribution in [2.24, 2.45) is 0 Å². The zero-order valence-corrected chi connectivity index (χ0v) is 10.3. The molecule has 1 saturated heterocycles. The predicted octanol–water partition coefficient (Wildman–Crippen LogP) is -0.560. The van der Waals surface area contributed by atoms with Gasteiger partial charge in [-0.25, -0.2) is 0 Å². The van der Waals surface area contributed by atoms with Crippen molar-refractivity contribution >= 4 is 17.7 Å². The number of rotatable bonds is 4. The summed E-state index contributed by atoms with van der Waals surface area (Å²) in [5.41, 5.74) is 0. The lowest BCUT2D eigenvalue weighted by molar-refractivity contribution is -0.137. The van der Waals surface area contributed by atoms with E-state index in [2.05, 4.69) is 16.0 Å². The van der Waals surface area contributed by atoms with Crippen LogP contribution >= 0.6 is 0 Å². The van der Waals surface area contributed by atoms with E-state index in [1.807, 2.05) is 0 Å². The minimum Gasteiger partial charge on any atom is -0.343 e. The molecule has 6 heteroatoms. The van der Waals surface area contributed by atoms with Crippen molar-refractivity contribution in [2.75, 3.05) is 6.54 Å². The number of amides is 3.